The van der Waals surface area contributed by atoms with Gasteiger partial charge in [0.15, 0.2) is 9.84 Å². The van der Waals surface area contributed by atoms with E-state index in [-0.39, 0.29) is 10.9 Å². The summed E-state index contributed by atoms with van der Waals surface area (Å²) in [5, 5.41) is 83.8. The summed E-state index contributed by atoms with van der Waals surface area (Å²) in [4.78, 5) is 57.2. The number of nitro groups is 6. The number of fused-ring (bicyclic) bond motifs is 2. The molecule has 0 spiro atoms. The van der Waals surface area contributed by atoms with Gasteiger partial charge in [-0.2, -0.15) is 0 Å². The van der Waals surface area contributed by atoms with E-state index >= 15 is 0 Å². The van der Waals surface area contributed by atoms with E-state index in [0.29, 0.717) is 48.7 Å². The molecule has 0 fully saturated rings. The number of nitrogens with one attached hydrogen (secondary N) is 1. The summed E-state index contributed by atoms with van der Waals surface area (Å²) in [6, 6.07) is 14.1. The van der Waals surface area contributed by atoms with E-state index in [1.807, 2.05) is 24.3 Å². The maximum absolute atomic E-state index is 13.0. The molecule has 4 aromatic carbocycles. The molecule has 1 aliphatic heterocycles. The number of nitrogens with two attached hydrogens (primary N) is 1. The van der Waals surface area contributed by atoms with Gasteiger partial charge in [-0.1, -0.05) is 18.2 Å². The minimum atomic E-state index is -3.33. The monoisotopic (exact) mass is 822 g/mol. The molecule has 25 nitrogen and oxygen atoms in total. The first-order valence-electron chi connectivity index (χ1n) is 15.0. The lowest BCUT2D eigenvalue weighted by Gasteiger charge is -2.19. The third kappa shape index (κ3) is 10.1. The van der Waals surface area contributed by atoms with Crippen molar-refractivity contribution >= 4 is 54.8 Å². The molecule has 1 heterocycles. The predicted molar refractivity (Wildman–Crippen MR) is 190 cm³/mol. The Morgan fingerprint density at radius 1 is 0.696 bits per heavy atom. The van der Waals surface area contributed by atoms with Crippen LogP contribution in [-0.4, -0.2) is 71.7 Å². The topological polar surface area (TPSA) is 389 Å². The lowest BCUT2D eigenvalue weighted by Crippen LogP contribution is -2.29. The number of benzene rings is 4. The van der Waals surface area contributed by atoms with Crippen LogP contribution in [0.25, 0.3) is 0 Å². The van der Waals surface area contributed by atoms with Gasteiger partial charge in [-0.25, -0.2) is 12.6 Å². The molecule has 0 amide bonds. The van der Waals surface area contributed by atoms with Gasteiger partial charge in [0.1, 0.15) is 0 Å². The molecule has 296 valence electrons. The van der Waals surface area contributed by atoms with Crippen molar-refractivity contribution in [3.63, 3.8) is 0 Å². The van der Waals surface area contributed by atoms with Gasteiger partial charge in [0.05, 0.1) is 69.5 Å². The highest BCUT2D eigenvalue weighted by Gasteiger charge is 2.32. The van der Waals surface area contributed by atoms with Gasteiger partial charge in [0.2, 0.25) is 0 Å². The van der Waals surface area contributed by atoms with Crippen molar-refractivity contribution in [1.82, 2.24) is 5.32 Å². The summed E-state index contributed by atoms with van der Waals surface area (Å²) in [6.07, 6.45) is 1.82. The van der Waals surface area contributed by atoms with Crippen molar-refractivity contribution in [2.24, 2.45) is 5.73 Å². The van der Waals surface area contributed by atoms with Crippen LogP contribution in [0.2, 0.25) is 0 Å². The Balaban J connectivity index is 0.000000234. The fraction of sp³-hybridized carbons (Fsp3) is 0.172. The molecule has 56 heavy (non-hydrogen) atoms. The standard InChI is InChI=1S/C17H20N2O3S2.2C6H3N3O7/c1-24(21,22)13-6-7-17-14(11-13)15(19-9-8-18)10-12-4-2-3-5-16(12)23(17)20;2*10-6-4(8(13)14)1-3(7(11)12)2-5(6)9(15)16/h2-7,11,15,19H,8-10,18H2,1H3;2*1-2,10H. The third-order valence-electron chi connectivity index (χ3n) is 7.43. The molecule has 2 unspecified atom stereocenters. The van der Waals surface area contributed by atoms with Crippen molar-refractivity contribution in [2.75, 3.05) is 19.3 Å². The summed E-state index contributed by atoms with van der Waals surface area (Å²) < 4.78 is 36.8. The molecule has 0 aromatic heterocycles. The number of nitrogens with zero attached hydrogens (tertiary/aromatic N) is 6. The van der Waals surface area contributed by atoms with Crippen LogP contribution in [-0.2, 0) is 27.1 Å². The van der Waals surface area contributed by atoms with Crippen molar-refractivity contribution in [1.29, 1.82) is 0 Å². The van der Waals surface area contributed by atoms with Gasteiger partial charge >= 0.3 is 22.7 Å². The molecule has 4 aromatic rings. The number of phenols is 2. The van der Waals surface area contributed by atoms with Gasteiger partial charge in [0.25, 0.3) is 22.9 Å². The summed E-state index contributed by atoms with van der Waals surface area (Å²) in [5.41, 5.74) is 1.37. The average molecular weight is 823 g/mol. The molecule has 5 N–H and O–H groups in total. The zero-order valence-corrected chi connectivity index (χ0v) is 29.8. The smallest absolute Gasteiger partial charge is 0.324 e. The molecule has 0 saturated carbocycles. The quantitative estimate of drug-likeness (QED) is 0.131. The highest BCUT2D eigenvalue weighted by molar-refractivity contribution is 7.90. The molecule has 5 rings (SSSR count). The van der Waals surface area contributed by atoms with Crippen LogP contribution >= 0.6 is 0 Å². The Hall–Kier alpha value is -7.10. The Kier molecular flexibility index (Phi) is 13.8. The summed E-state index contributed by atoms with van der Waals surface area (Å²) in [5.74, 6) is -2.42. The van der Waals surface area contributed by atoms with Gasteiger partial charge in [-0.15, -0.1) is 0 Å². The Labute approximate surface area is 314 Å². The second-order valence-corrected chi connectivity index (χ2v) is 14.5. The Bertz CT molecular complexity index is 2250. The maximum atomic E-state index is 13.0. The molecule has 0 aliphatic carbocycles. The van der Waals surface area contributed by atoms with Crippen LogP contribution in [0.5, 0.6) is 11.5 Å². The summed E-state index contributed by atoms with van der Waals surface area (Å²) in [7, 11) is -4.66. The summed E-state index contributed by atoms with van der Waals surface area (Å²) in [6.45, 7) is 1.07. The highest BCUT2D eigenvalue weighted by atomic mass is 32.2. The van der Waals surface area contributed by atoms with E-state index in [1.165, 1.54) is 12.3 Å². The average Bonchev–Trinajstić information content (AvgIpc) is 3.23. The fourth-order valence-corrected chi connectivity index (χ4v) is 6.98. The lowest BCUT2D eigenvalue weighted by molar-refractivity contribution is -0.404. The molecule has 0 bridgehead atoms. The minimum Gasteiger partial charge on any atom is -0.497 e. The van der Waals surface area contributed by atoms with Crippen molar-refractivity contribution in [3.05, 3.63) is 139 Å². The summed E-state index contributed by atoms with van der Waals surface area (Å²) >= 11 is 0. The number of nitro benzene ring substituents is 6. The number of aromatic hydroxyl groups is 2. The van der Waals surface area contributed by atoms with Crippen LogP contribution < -0.4 is 11.1 Å². The van der Waals surface area contributed by atoms with E-state index in [1.54, 1.807) is 12.1 Å². The number of hydrogen-bond acceptors (Lipinski definition) is 19. The highest BCUT2D eigenvalue weighted by Crippen LogP contribution is 2.40. The first-order valence-corrected chi connectivity index (χ1v) is 18.0. The normalized spacial score (nSPS) is 14.2. The Morgan fingerprint density at radius 2 is 1.12 bits per heavy atom. The predicted octanol–water partition coefficient (Wildman–Crippen LogP) is 3.64. The van der Waals surface area contributed by atoms with E-state index in [2.05, 4.69) is 5.32 Å². The van der Waals surface area contributed by atoms with Crippen molar-refractivity contribution in [3.8, 4) is 11.5 Å². The molecular formula is C29H26N8O17S2. The largest absolute Gasteiger partial charge is 0.497 e. The van der Waals surface area contributed by atoms with E-state index < -0.39 is 95.8 Å². The van der Waals surface area contributed by atoms with Crippen LogP contribution in [0.1, 0.15) is 17.2 Å². The van der Waals surface area contributed by atoms with Gasteiger partial charge in [-0.3, -0.25) is 60.7 Å². The molecule has 0 radical (unpaired) electrons. The van der Waals surface area contributed by atoms with E-state index in [9.17, 15) is 73.3 Å². The zero-order chi connectivity index (χ0) is 42.2. The van der Waals surface area contributed by atoms with Crippen molar-refractivity contribution < 1.29 is 52.4 Å². The van der Waals surface area contributed by atoms with Crippen LogP contribution in [0.15, 0.2) is 81.4 Å². The van der Waals surface area contributed by atoms with Gasteiger partial charge in [-0.05, 0) is 41.8 Å². The molecule has 1 aliphatic rings. The fourth-order valence-electron chi connectivity index (χ4n) is 4.89. The number of non-ortho nitro benzene ring substituents is 2. The molecule has 0 saturated heterocycles. The second kappa shape index (κ2) is 17.8. The van der Waals surface area contributed by atoms with Crippen LogP contribution in [0.3, 0.4) is 0 Å². The maximum Gasteiger partial charge on any atom is 0.324 e. The van der Waals surface area contributed by atoms with Crippen molar-refractivity contribution in [2.45, 2.75) is 27.1 Å². The van der Waals surface area contributed by atoms with E-state index in [4.69, 9.17) is 15.9 Å². The van der Waals surface area contributed by atoms with Gasteiger partial charge < -0.3 is 21.3 Å². The lowest BCUT2D eigenvalue weighted by atomic mass is 9.99. The molecular weight excluding hydrogens is 796 g/mol. The minimum absolute atomic E-state index is 0.127. The molecule has 27 heteroatoms. The van der Waals surface area contributed by atoms with E-state index in [0.717, 1.165) is 16.0 Å². The number of sulfone groups is 1. The number of hydrogen-bond donors (Lipinski definition) is 4. The van der Waals surface area contributed by atoms with Crippen LogP contribution in [0, 0.1) is 60.7 Å². The van der Waals surface area contributed by atoms with Crippen LogP contribution in [0.4, 0.5) is 34.1 Å². The first kappa shape index (κ1) is 43.3. The number of rotatable bonds is 10. The third-order valence-corrected chi connectivity index (χ3v) is 10.1. The zero-order valence-electron chi connectivity index (χ0n) is 28.1. The SMILES string of the molecule is CS(=O)(=O)c1ccc2c(c1)C(NCCN)Cc1ccccc1S2=O.O=[N+]([O-])c1cc([N+](=O)[O-])c(O)c([N+](=O)[O-])c1.O=[N+]([O-])c1cc([N+](=O)[O-])c(O)c([N+](=O)[O-])c1. The van der Waals surface area contributed by atoms with Gasteiger partial charge in [0, 0.05) is 35.2 Å². The number of phenolic OH excluding ortho intramolecular Hbond substituents is 2. The second-order valence-electron chi connectivity index (χ2n) is 11.1. The molecule has 2 atom stereocenters. The first-order chi connectivity index (χ1) is 26.1. The Morgan fingerprint density at radius 3 is 1.50 bits per heavy atom.